The molecule has 0 aromatic heterocycles. The van der Waals surface area contributed by atoms with Gasteiger partial charge in [0.05, 0.1) is 25.3 Å². The summed E-state index contributed by atoms with van der Waals surface area (Å²) in [5, 5.41) is 0. The van der Waals surface area contributed by atoms with E-state index in [0.29, 0.717) is 32.5 Å². The highest BCUT2D eigenvalue weighted by Gasteiger charge is 2.44. The van der Waals surface area contributed by atoms with E-state index in [0.717, 1.165) is 5.56 Å². The number of carbonyl (C=O) groups excluding carboxylic acids is 2. The summed E-state index contributed by atoms with van der Waals surface area (Å²) in [6.45, 7) is 6.55. The molecule has 1 aromatic rings. The van der Waals surface area contributed by atoms with Crippen LogP contribution in [0.3, 0.4) is 0 Å². The molecular formula is C22H29NO4. The minimum Gasteiger partial charge on any atom is -0.444 e. The number of rotatable bonds is 4. The number of carbonyl (C=O) groups is 2. The van der Waals surface area contributed by atoms with Crippen molar-refractivity contribution in [2.75, 3.05) is 13.2 Å². The number of hydrogen-bond donors (Lipinski definition) is 0. The second-order valence-electron chi connectivity index (χ2n) is 8.38. The molecule has 5 nitrogen and oxygen atoms in total. The summed E-state index contributed by atoms with van der Waals surface area (Å²) in [6, 6.07) is 9.80. The van der Waals surface area contributed by atoms with Gasteiger partial charge in [0, 0.05) is 12.3 Å². The molecule has 27 heavy (non-hydrogen) atoms. The Labute approximate surface area is 161 Å². The average molecular weight is 371 g/mol. The summed E-state index contributed by atoms with van der Waals surface area (Å²) < 4.78 is 11.2. The number of ether oxygens (including phenoxy) is 2. The zero-order valence-electron chi connectivity index (χ0n) is 16.4. The topological polar surface area (TPSA) is 55.8 Å². The number of amides is 1. The highest BCUT2D eigenvalue weighted by molar-refractivity contribution is 5.83. The minimum absolute atomic E-state index is 0.0250. The van der Waals surface area contributed by atoms with Crippen molar-refractivity contribution in [1.82, 2.24) is 4.90 Å². The Bertz CT molecular complexity index is 678. The Morgan fingerprint density at radius 3 is 2.37 bits per heavy atom. The second-order valence-corrected chi connectivity index (χ2v) is 8.38. The molecule has 2 bridgehead atoms. The van der Waals surface area contributed by atoms with E-state index in [2.05, 4.69) is 0 Å². The summed E-state index contributed by atoms with van der Waals surface area (Å²) in [6.07, 6.45) is 5.34. The number of Topliss-reactive ketones (excluding diaryl/α,β-unsaturated/α-hetero) is 1. The van der Waals surface area contributed by atoms with Crippen LogP contribution in [0.2, 0.25) is 0 Å². The van der Waals surface area contributed by atoms with Gasteiger partial charge in [0.2, 0.25) is 0 Å². The van der Waals surface area contributed by atoms with Crippen molar-refractivity contribution < 1.29 is 19.1 Å². The Morgan fingerprint density at radius 1 is 1.15 bits per heavy atom. The summed E-state index contributed by atoms with van der Waals surface area (Å²) >= 11 is 0. The van der Waals surface area contributed by atoms with E-state index >= 15 is 0 Å². The van der Waals surface area contributed by atoms with Gasteiger partial charge in [-0.05, 0) is 39.2 Å². The molecule has 3 rings (SSSR count). The average Bonchev–Trinajstić information content (AvgIpc) is 2.60. The van der Waals surface area contributed by atoms with Gasteiger partial charge < -0.3 is 9.47 Å². The molecule has 0 radical (unpaired) electrons. The molecule has 1 amide bonds. The van der Waals surface area contributed by atoms with Crippen LogP contribution in [-0.4, -0.2) is 47.7 Å². The monoisotopic (exact) mass is 371 g/mol. The van der Waals surface area contributed by atoms with E-state index < -0.39 is 5.60 Å². The largest absolute Gasteiger partial charge is 0.444 e. The number of nitrogens with zero attached hydrogens (tertiary/aromatic N) is 1. The van der Waals surface area contributed by atoms with E-state index in [-0.39, 0.29) is 29.9 Å². The van der Waals surface area contributed by atoms with Crippen molar-refractivity contribution in [1.29, 1.82) is 0 Å². The standard InChI is InChI=1S/C22H29NO4/c1-22(2,3)27-21(25)23-18-12-17(13-19(23)15-26-14-18)20(24)11-7-10-16-8-5-4-6-9-16/h4-10,17-19H,11-15H2,1-3H3/b10-7+. The SMILES string of the molecule is CC(C)(C)OC(=O)N1C2COCC1CC(C(=O)C/C=C/c1ccccc1)C2. The first-order valence-corrected chi connectivity index (χ1v) is 9.67. The van der Waals surface area contributed by atoms with Crippen LogP contribution < -0.4 is 0 Å². The van der Waals surface area contributed by atoms with Crippen LogP contribution in [0, 0.1) is 5.92 Å². The van der Waals surface area contributed by atoms with Gasteiger partial charge in [0.25, 0.3) is 0 Å². The predicted molar refractivity (Wildman–Crippen MR) is 104 cm³/mol. The van der Waals surface area contributed by atoms with Crippen molar-refractivity contribution in [2.45, 2.75) is 57.7 Å². The van der Waals surface area contributed by atoms with Gasteiger partial charge in [-0.25, -0.2) is 4.79 Å². The second kappa shape index (κ2) is 8.26. The lowest BCUT2D eigenvalue weighted by Gasteiger charge is -2.47. The number of hydrogen-bond acceptors (Lipinski definition) is 4. The highest BCUT2D eigenvalue weighted by Crippen LogP contribution is 2.34. The molecule has 2 aliphatic heterocycles. The van der Waals surface area contributed by atoms with E-state index in [4.69, 9.17) is 9.47 Å². The zero-order chi connectivity index (χ0) is 19.4. The lowest BCUT2D eigenvalue weighted by Crippen LogP contribution is -2.60. The van der Waals surface area contributed by atoms with Gasteiger partial charge in [0.1, 0.15) is 11.4 Å². The lowest BCUT2D eigenvalue weighted by molar-refractivity contribution is -0.131. The smallest absolute Gasteiger partial charge is 0.410 e. The molecule has 1 aromatic carbocycles. The normalized spacial score (nSPS) is 25.4. The fourth-order valence-corrected chi connectivity index (χ4v) is 3.83. The Hall–Kier alpha value is -2.14. The molecule has 146 valence electrons. The molecule has 2 heterocycles. The van der Waals surface area contributed by atoms with Crippen LogP contribution in [0.1, 0.15) is 45.6 Å². The van der Waals surface area contributed by atoms with Crippen LogP contribution in [0.25, 0.3) is 6.08 Å². The summed E-state index contributed by atoms with van der Waals surface area (Å²) in [7, 11) is 0. The number of piperidine rings is 1. The number of ketones is 1. The number of morpholine rings is 1. The maximum absolute atomic E-state index is 12.7. The fourth-order valence-electron chi connectivity index (χ4n) is 3.83. The van der Waals surface area contributed by atoms with Gasteiger partial charge >= 0.3 is 6.09 Å². The third-order valence-corrected chi connectivity index (χ3v) is 5.01. The molecule has 0 saturated carbocycles. The van der Waals surface area contributed by atoms with Crippen LogP contribution in [-0.2, 0) is 14.3 Å². The molecular weight excluding hydrogens is 342 g/mol. The molecule has 2 saturated heterocycles. The summed E-state index contributed by atoms with van der Waals surface area (Å²) in [5.41, 5.74) is 0.566. The Balaban J connectivity index is 1.59. The maximum atomic E-state index is 12.7. The van der Waals surface area contributed by atoms with E-state index in [9.17, 15) is 9.59 Å². The van der Waals surface area contributed by atoms with Crippen LogP contribution in [0.4, 0.5) is 4.79 Å². The van der Waals surface area contributed by atoms with Gasteiger partial charge in [-0.15, -0.1) is 0 Å². The molecule has 0 spiro atoms. The van der Waals surface area contributed by atoms with Gasteiger partial charge in [-0.1, -0.05) is 42.5 Å². The molecule has 2 aliphatic rings. The predicted octanol–water partition coefficient (Wildman–Crippen LogP) is 4.07. The third kappa shape index (κ3) is 5.19. The molecule has 0 N–H and O–H groups in total. The summed E-state index contributed by atoms with van der Waals surface area (Å²) in [5.74, 6) is 0.214. The maximum Gasteiger partial charge on any atom is 0.410 e. The van der Waals surface area contributed by atoms with Crippen molar-refractivity contribution in [3.8, 4) is 0 Å². The van der Waals surface area contributed by atoms with Crippen LogP contribution >= 0.6 is 0 Å². The third-order valence-electron chi connectivity index (χ3n) is 5.01. The van der Waals surface area contributed by atoms with E-state index in [1.165, 1.54) is 0 Å². The molecule has 2 unspecified atom stereocenters. The number of fused-ring (bicyclic) bond motifs is 2. The summed E-state index contributed by atoms with van der Waals surface area (Å²) in [4.78, 5) is 27.1. The van der Waals surface area contributed by atoms with Gasteiger partial charge in [-0.3, -0.25) is 9.69 Å². The lowest BCUT2D eigenvalue weighted by atomic mass is 9.82. The number of benzene rings is 1. The van der Waals surface area contributed by atoms with E-state index in [1.54, 1.807) is 4.90 Å². The molecule has 5 heteroatoms. The molecule has 0 aliphatic carbocycles. The van der Waals surface area contributed by atoms with Crippen LogP contribution in [0.15, 0.2) is 36.4 Å². The van der Waals surface area contributed by atoms with Crippen molar-refractivity contribution in [2.24, 2.45) is 5.92 Å². The first-order chi connectivity index (χ1) is 12.8. The number of allylic oxidation sites excluding steroid dienone is 1. The zero-order valence-corrected chi connectivity index (χ0v) is 16.4. The molecule has 2 fully saturated rings. The van der Waals surface area contributed by atoms with Crippen molar-refractivity contribution >= 4 is 18.0 Å². The van der Waals surface area contributed by atoms with Gasteiger partial charge in [0.15, 0.2) is 0 Å². The fraction of sp³-hybridized carbons (Fsp3) is 0.545. The minimum atomic E-state index is -0.527. The quantitative estimate of drug-likeness (QED) is 0.800. The Morgan fingerprint density at radius 2 is 1.78 bits per heavy atom. The first kappa shape index (κ1) is 19.6. The van der Waals surface area contributed by atoms with Gasteiger partial charge in [-0.2, -0.15) is 0 Å². The van der Waals surface area contributed by atoms with E-state index in [1.807, 2.05) is 63.3 Å². The highest BCUT2D eigenvalue weighted by atomic mass is 16.6. The molecule has 2 atom stereocenters. The van der Waals surface area contributed by atoms with Crippen molar-refractivity contribution in [3.05, 3.63) is 42.0 Å². The van der Waals surface area contributed by atoms with Crippen LogP contribution in [0.5, 0.6) is 0 Å². The van der Waals surface area contributed by atoms with Crippen molar-refractivity contribution in [3.63, 3.8) is 0 Å². The Kier molecular flexibility index (Phi) is 6.00. The first-order valence-electron chi connectivity index (χ1n) is 9.67.